The fourth-order valence-corrected chi connectivity index (χ4v) is 2.10. The number of phenolic OH excluding ortho intramolecular Hbond substituents is 1. The van der Waals surface area contributed by atoms with Gasteiger partial charge in [0.25, 0.3) is 0 Å². The Morgan fingerprint density at radius 1 is 1.27 bits per heavy atom. The first-order chi connectivity index (χ1) is 10.3. The number of carbonyl (C=O) groups is 1. The molecule has 0 unspecified atom stereocenters. The zero-order valence-electron chi connectivity index (χ0n) is 14.0. The third kappa shape index (κ3) is 4.37. The summed E-state index contributed by atoms with van der Waals surface area (Å²) < 4.78 is 0. The monoisotopic (exact) mass is 305 g/mol. The second-order valence-corrected chi connectivity index (χ2v) is 6.89. The molecule has 1 aliphatic rings. The highest BCUT2D eigenvalue weighted by Gasteiger charge is 2.33. The lowest BCUT2D eigenvalue weighted by atomic mass is 10.0. The van der Waals surface area contributed by atoms with Gasteiger partial charge in [0.05, 0.1) is 0 Å². The van der Waals surface area contributed by atoms with Crippen molar-refractivity contribution in [1.29, 1.82) is 0 Å². The summed E-state index contributed by atoms with van der Waals surface area (Å²) in [6.07, 6.45) is 2.14. The van der Waals surface area contributed by atoms with Crippen LogP contribution in [0.25, 0.3) is 0 Å². The van der Waals surface area contributed by atoms with Crippen LogP contribution in [-0.2, 0) is 6.54 Å². The Morgan fingerprint density at radius 2 is 1.86 bits per heavy atom. The Kier molecular flexibility index (Phi) is 4.96. The third-order valence-corrected chi connectivity index (χ3v) is 4.42. The van der Waals surface area contributed by atoms with Crippen LogP contribution in [0.15, 0.2) is 24.3 Å². The molecule has 1 aliphatic carbocycles. The molecule has 0 aliphatic heterocycles. The average Bonchev–Trinajstić information content (AvgIpc) is 3.28. The van der Waals surface area contributed by atoms with Crippen molar-refractivity contribution in [1.82, 2.24) is 15.1 Å². The molecule has 2 rings (SSSR count). The highest BCUT2D eigenvalue weighted by atomic mass is 16.3. The minimum absolute atomic E-state index is 0.00880. The zero-order chi connectivity index (χ0) is 16.3. The van der Waals surface area contributed by atoms with Crippen LogP contribution >= 0.6 is 0 Å². The number of likely N-dealkylation sites (N-methyl/N-ethyl adjacent to an activating group) is 1. The molecule has 122 valence electrons. The molecule has 0 aromatic heterocycles. The maximum Gasteiger partial charge on any atom is 0.318 e. The fourth-order valence-electron chi connectivity index (χ4n) is 2.10. The summed E-state index contributed by atoms with van der Waals surface area (Å²) >= 11 is 0. The lowest BCUT2D eigenvalue weighted by molar-refractivity contribution is 0.166. The minimum atomic E-state index is -0.0799. The van der Waals surface area contributed by atoms with Crippen LogP contribution < -0.4 is 5.32 Å². The molecule has 0 radical (unpaired) electrons. The number of urea groups is 1. The summed E-state index contributed by atoms with van der Waals surface area (Å²) in [6, 6.07) is 7.38. The molecule has 5 nitrogen and oxygen atoms in total. The van der Waals surface area contributed by atoms with Crippen molar-refractivity contribution < 1.29 is 9.90 Å². The molecule has 1 aromatic rings. The molecule has 0 atom stereocenters. The maximum absolute atomic E-state index is 12.5. The van der Waals surface area contributed by atoms with Crippen molar-refractivity contribution in [2.24, 2.45) is 0 Å². The lowest BCUT2D eigenvalue weighted by Gasteiger charge is -2.34. The smallest absolute Gasteiger partial charge is 0.318 e. The van der Waals surface area contributed by atoms with E-state index in [1.165, 1.54) is 0 Å². The van der Waals surface area contributed by atoms with Gasteiger partial charge < -0.3 is 20.2 Å². The van der Waals surface area contributed by atoms with Gasteiger partial charge in [-0.15, -0.1) is 0 Å². The molecule has 5 heteroatoms. The van der Waals surface area contributed by atoms with Gasteiger partial charge in [0, 0.05) is 24.7 Å². The minimum Gasteiger partial charge on any atom is -0.508 e. The number of nitrogens with one attached hydrogen (secondary N) is 1. The van der Waals surface area contributed by atoms with Crippen molar-refractivity contribution in [2.45, 2.75) is 44.8 Å². The predicted octanol–water partition coefficient (Wildman–Crippen LogP) is 2.41. The van der Waals surface area contributed by atoms with Gasteiger partial charge in [-0.05, 0) is 58.5 Å². The molecule has 1 saturated carbocycles. The number of aromatic hydroxyl groups is 1. The Bertz CT molecular complexity index is 507. The topological polar surface area (TPSA) is 55.8 Å². The van der Waals surface area contributed by atoms with Gasteiger partial charge >= 0.3 is 6.03 Å². The van der Waals surface area contributed by atoms with E-state index in [1.54, 1.807) is 12.1 Å². The highest BCUT2D eigenvalue weighted by Crippen LogP contribution is 2.28. The van der Waals surface area contributed by atoms with E-state index in [-0.39, 0.29) is 17.3 Å². The van der Waals surface area contributed by atoms with E-state index >= 15 is 0 Å². The van der Waals surface area contributed by atoms with E-state index in [0.717, 1.165) is 18.4 Å². The van der Waals surface area contributed by atoms with E-state index in [2.05, 4.69) is 24.1 Å². The van der Waals surface area contributed by atoms with E-state index in [4.69, 9.17) is 0 Å². The number of nitrogens with zero attached hydrogens (tertiary/aromatic N) is 2. The van der Waals surface area contributed by atoms with Gasteiger partial charge in [0.15, 0.2) is 0 Å². The van der Waals surface area contributed by atoms with Crippen molar-refractivity contribution in [3.63, 3.8) is 0 Å². The predicted molar refractivity (Wildman–Crippen MR) is 87.8 cm³/mol. The van der Waals surface area contributed by atoms with Crippen molar-refractivity contribution >= 4 is 6.03 Å². The van der Waals surface area contributed by atoms with E-state index in [1.807, 2.05) is 31.1 Å². The number of rotatable bonds is 6. The molecular weight excluding hydrogens is 278 g/mol. The second kappa shape index (κ2) is 6.57. The third-order valence-electron chi connectivity index (χ3n) is 4.42. The molecule has 0 heterocycles. The summed E-state index contributed by atoms with van der Waals surface area (Å²) in [4.78, 5) is 16.5. The van der Waals surface area contributed by atoms with Gasteiger partial charge in [0.2, 0.25) is 0 Å². The van der Waals surface area contributed by atoms with Crippen LogP contribution in [0.2, 0.25) is 0 Å². The highest BCUT2D eigenvalue weighted by molar-refractivity contribution is 5.75. The standard InChI is InChI=1S/C17H27N3O2/c1-17(2,19(3)4)12-18-16(22)20(14-7-8-14)11-13-5-9-15(21)10-6-13/h5-6,9-10,14,21H,7-8,11-12H2,1-4H3,(H,18,22). The summed E-state index contributed by atoms with van der Waals surface area (Å²) in [7, 11) is 4.03. The van der Waals surface area contributed by atoms with Crippen LogP contribution in [-0.4, -0.2) is 53.2 Å². The van der Waals surface area contributed by atoms with Gasteiger partial charge in [-0.2, -0.15) is 0 Å². The second-order valence-electron chi connectivity index (χ2n) is 6.89. The van der Waals surface area contributed by atoms with Gasteiger partial charge in [-0.3, -0.25) is 0 Å². The Hall–Kier alpha value is -1.75. The van der Waals surface area contributed by atoms with E-state index in [0.29, 0.717) is 19.1 Å². The molecule has 2 N–H and O–H groups in total. The zero-order valence-corrected chi connectivity index (χ0v) is 14.0. The van der Waals surface area contributed by atoms with Gasteiger partial charge in [0.1, 0.15) is 5.75 Å². The van der Waals surface area contributed by atoms with Gasteiger partial charge in [-0.25, -0.2) is 4.79 Å². The van der Waals surface area contributed by atoms with E-state index in [9.17, 15) is 9.90 Å². The number of phenols is 1. The quantitative estimate of drug-likeness (QED) is 0.848. The average molecular weight is 305 g/mol. The normalized spacial score (nSPS) is 15.0. The van der Waals surface area contributed by atoms with Crippen LogP contribution in [0.3, 0.4) is 0 Å². The Labute approximate surface area is 132 Å². The van der Waals surface area contributed by atoms with Crippen LogP contribution in [0, 0.1) is 0 Å². The number of benzene rings is 1. The number of carbonyl (C=O) groups excluding carboxylic acids is 1. The maximum atomic E-state index is 12.5. The fraction of sp³-hybridized carbons (Fsp3) is 0.588. The SMILES string of the molecule is CN(C)C(C)(C)CNC(=O)N(Cc1ccc(O)cc1)C1CC1. The largest absolute Gasteiger partial charge is 0.508 e. The first-order valence-electron chi connectivity index (χ1n) is 7.79. The number of hydrogen-bond acceptors (Lipinski definition) is 3. The van der Waals surface area contributed by atoms with Gasteiger partial charge in [-0.1, -0.05) is 12.1 Å². The first kappa shape index (κ1) is 16.6. The Balaban J connectivity index is 1.96. The Morgan fingerprint density at radius 3 is 2.36 bits per heavy atom. The molecule has 1 fully saturated rings. The van der Waals surface area contributed by atoms with E-state index < -0.39 is 0 Å². The van der Waals surface area contributed by atoms with Crippen LogP contribution in [0.5, 0.6) is 5.75 Å². The molecule has 22 heavy (non-hydrogen) atoms. The summed E-state index contributed by atoms with van der Waals surface area (Å²) in [6.45, 7) is 5.40. The molecule has 2 amide bonds. The number of hydrogen-bond donors (Lipinski definition) is 2. The summed E-state index contributed by atoms with van der Waals surface area (Å²) in [5.74, 6) is 0.249. The first-order valence-corrected chi connectivity index (χ1v) is 7.79. The van der Waals surface area contributed by atoms with Crippen LogP contribution in [0.4, 0.5) is 4.79 Å². The van der Waals surface area contributed by atoms with Crippen molar-refractivity contribution in [2.75, 3.05) is 20.6 Å². The summed E-state index contributed by atoms with van der Waals surface area (Å²) in [5.41, 5.74) is 0.954. The summed E-state index contributed by atoms with van der Waals surface area (Å²) in [5, 5.41) is 12.4. The van der Waals surface area contributed by atoms with Crippen LogP contribution in [0.1, 0.15) is 32.3 Å². The molecule has 1 aromatic carbocycles. The molecule has 0 spiro atoms. The van der Waals surface area contributed by atoms with Crippen molar-refractivity contribution in [3.05, 3.63) is 29.8 Å². The lowest BCUT2D eigenvalue weighted by Crippen LogP contribution is -2.51. The molecule has 0 bridgehead atoms. The molecule has 0 saturated heterocycles. The number of amides is 2. The molecular formula is C17H27N3O2. The van der Waals surface area contributed by atoms with Crippen molar-refractivity contribution in [3.8, 4) is 5.75 Å².